The molecular weight excluding hydrogens is 359 g/mol. The van der Waals surface area contributed by atoms with E-state index in [-0.39, 0.29) is 17.4 Å². The first-order chi connectivity index (χ1) is 13.6. The summed E-state index contributed by atoms with van der Waals surface area (Å²) in [5.41, 5.74) is 1.64. The maximum atomic E-state index is 13.4. The van der Waals surface area contributed by atoms with E-state index < -0.39 is 5.82 Å². The second-order valence-electron chi connectivity index (χ2n) is 7.84. The van der Waals surface area contributed by atoms with Gasteiger partial charge in [-0.05, 0) is 37.2 Å². The maximum absolute atomic E-state index is 13.4. The summed E-state index contributed by atoms with van der Waals surface area (Å²) in [5, 5.41) is 13.9. The molecule has 8 heteroatoms. The lowest BCUT2D eigenvalue weighted by molar-refractivity contribution is 0.0580. The molecule has 2 fully saturated rings. The summed E-state index contributed by atoms with van der Waals surface area (Å²) in [6.45, 7) is 0. The second kappa shape index (κ2) is 6.54. The molecule has 0 radical (unpaired) electrons. The molecule has 2 aliphatic carbocycles. The smallest absolute Gasteiger partial charge is 0.272 e. The predicted molar refractivity (Wildman–Crippen MR) is 103 cm³/mol. The van der Waals surface area contributed by atoms with Crippen molar-refractivity contribution in [2.45, 2.75) is 44.6 Å². The fourth-order valence-corrected chi connectivity index (χ4v) is 4.63. The van der Waals surface area contributed by atoms with Crippen LogP contribution in [-0.2, 0) is 0 Å². The van der Waals surface area contributed by atoms with E-state index in [1.165, 1.54) is 44.4 Å². The molecule has 2 saturated carbocycles. The molecule has 3 N–H and O–H groups in total. The van der Waals surface area contributed by atoms with Gasteiger partial charge in [0.1, 0.15) is 11.6 Å². The summed E-state index contributed by atoms with van der Waals surface area (Å²) >= 11 is 0. The van der Waals surface area contributed by atoms with Gasteiger partial charge in [0, 0.05) is 17.5 Å². The van der Waals surface area contributed by atoms with Gasteiger partial charge in [-0.3, -0.25) is 14.9 Å². The highest BCUT2D eigenvalue weighted by Crippen LogP contribution is 2.53. The standard InChI is InChI=1S/C20H21FN6O/c21-13-8-14(11-22-10-13)24-16-7-12-9-23-27-17(12)18(26-16)19(28)25-15-3-6-20(15)4-1-2-5-20/h7-11,15H,1-6H2,(H,23,27)(H,24,26)(H,25,28). The van der Waals surface area contributed by atoms with Crippen molar-refractivity contribution in [1.82, 2.24) is 25.5 Å². The molecule has 1 atom stereocenters. The van der Waals surface area contributed by atoms with E-state index in [1.807, 2.05) is 0 Å². The highest BCUT2D eigenvalue weighted by molar-refractivity contribution is 6.04. The van der Waals surface area contributed by atoms with Crippen LogP contribution in [0.5, 0.6) is 0 Å². The Bertz CT molecular complexity index is 1040. The minimum Gasteiger partial charge on any atom is -0.347 e. The van der Waals surface area contributed by atoms with Gasteiger partial charge in [-0.2, -0.15) is 5.10 Å². The molecule has 28 heavy (non-hydrogen) atoms. The molecule has 1 spiro atoms. The fourth-order valence-electron chi connectivity index (χ4n) is 4.63. The number of fused-ring (bicyclic) bond motifs is 1. The van der Waals surface area contributed by atoms with Crippen LogP contribution in [0.15, 0.2) is 30.7 Å². The minimum atomic E-state index is -0.445. The monoisotopic (exact) mass is 380 g/mol. The van der Waals surface area contributed by atoms with E-state index in [0.717, 1.165) is 18.0 Å². The molecule has 0 aliphatic heterocycles. The number of anilines is 2. The van der Waals surface area contributed by atoms with Crippen molar-refractivity contribution in [2.24, 2.45) is 5.41 Å². The van der Waals surface area contributed by atoms with E-state index in [1.54, 1.807) is 12.3 Å². The number of rotatable bonds is 4. The Morgan fingerprint density at radius 3 is 2.79 bits per heavy atom. The van der Waals surface area contributed by atoms with Crippen LogP contribution in [0.25, 0.3) is 10.9 Å². The molecule has 7 nitrogen and oxygen atoms in total. The first-order valence-electron chi connectivity index (χ1n) is 9.66. The average molecular weight is 380 g/mol. The Hall–Kier alpha value is -3.03. The van der Waals surface area contributed by atoms with Gasteiger partial charge in [0.2, 0.25) is 0 Å². The van der Waals surface area contributed by atoms with Crippen LogP contribution in [0.1, 0.15) is 49.0 Å². The van der Waals surface area contributed by atoms with Crippen molar-refractivity contribution >= 4 is 28.3 Å². The van der Waals surface area contributed by atoms with Crippen molar-refractivity contribution in [2.75, 3.05) is 5.32 Å². The number of hydrogen-bond donors (Lipinski definition) is 3. The average Bonchev–Trinajstić information content (AvgIpc) is 3.35. The number of nitrogens with zero attached hydrogens (tertiary/aromatic N) is 3. The Kier molecular flexibility index (Phi) is 3.99. The predicted octanol–water partition coefficient (Wildman–Crippen LogP) is 3.69. The van der Waals surface area contributed by atoms with Gasteiger partial charge < -0.3 is 10.6 Å². The van der Waals surface area contributed by atoms with Gasteiger partial charge in [-0.25, -0.2) is 9.37 Å². The van der Waals surface area contributed by atoms with Gasteiger partial charge >= 0.3 is 0 Å². The van der Waals surface area contributed by atoms with Crippen molar-refractivity contribution in [3.8, 4) is 0 Å². The lowest BCUT2D eigenvalue weighted by Crippen LogP contribution is -2.54. The lowest BCUT2D eigenvalue weighted by Gasteiger charge is -2.47. The third-order valence-electron chi connectivity index (χ3n) is 6.20. The van der Waals surface area contributed by atoms with Crippen molar-refractivity contribution in [1.29, 1.82) is 0 Å². The number of halogens is 1. The van der Waals surface area contributed by atoms with Gasteiger partial charge in [0.15, 0.2) is 5.69 Å². The van der Waals surface area contributed by atoms with E-state index in [4.69, 9.17) is 0 Å². The third kappa shape index (κ3) is 2.89. The Morgan fingerprint density at radius 2 is 2.04 bits per heavy atom. The van der Waals surface area contributed by atoms with Crippen LogP contribution < -0.4 is 10.6 Å². The van der Waals surface area contributed by atoms with Crippen molar-refractivity contribution in [3.05, 3.63) is 42.2 Å². The van der Waals surface area contributed by atoms with E-state index >= 15 is 0 Å². The number of aromatic amines is 1. The Balaban J connectivity index is 1.43. The lowest BCUT2D eigenvalue weighted by atomic mass is 9.63. The quantitative estimate of drug-likeness (QED) is 0.642. The van der Waals surface area contributed by atoms with Gasteiger partial charge in [-0.1, -0.05) is 12.8 Å². The van der Waals surface area contributed by atoms with Crippen LogP contribution in [0.2, 0.25) is 0 Å². The van der Waals surface area contributed by atoms with Gasteiger partial charge in [-0.15, -0.1) is 0 Å². The number of nitrogens with one attached hydrogen (secondary N) is 3. The number of aromatic nitrogens is 4. The Morgan fingerprint density at radius 1 is 1.18 bits per heavy atom. The number of carbonyl (C=O) groups excluding carboxylic acids is 1. The first-order valence-corrected chi connectivity index (χ1v) is 9.66. The summed E-state index contributed by atoms with van der Waals surface area (Å²) in [7, 11) is 0. The molecule has 2 aliphatic rings. The minimum absolute atomic E-state index is 0.203. The summed E-state index contributed by atoms with van der Waals surface area (Å²) in [6, 6.07) is 3.31. The SMILES string of the molecule is O=C(NC1CCC12CCCC2)c1nc(Nc2cncc(F)c2)cc2cn[nH]c12. The molecule has 0 saturated heterocycles. The van der Waals surface area contributed by atoms with Crippen molar-refractivity contribution in [3.63, 3.8) is 0 Å². The zero-order valence-corrected chi connectivity index (χ0v) is 15.3. The number of pyridine rings is 2. The van der Waals surface area contributed by atoms with Crippen LogP contribution >= 0.6 is 0 Å². The molecule has 144 valence electrons. The number of hydrogen-bond acceptors (Lipinski definition) is 5. The first kappa shape index (κ1) is 17.1. The molecule has 0 bridgehead atoms. The van der Waals surface area contributed by atoms with Crippen LogP contribution in [0, 0.1) is 11.2 Å². The largest absolute Gasteiger partial charge is 0.347 e. The number of H-pyrrole nitrogens is 1. The van der Waals surface area contributed by atoms with Crippen LogP contribution in [0.3, 0.4) is 0 Å². The molecular formula is C20H21FN6O. The summed E-state index contributed by atoms with van der Waals surface area (Å²) in [6.07, 6.45) is 11.4. The van der Waals surface area contributed by atoms with Crippen LogP contribution in [0.4, 0.5) is 15.9 Å². The second-order valence-corrected chi connectivity index (χ2v) is 7.84. The highest BCUT2D eigenvalue weighted by Gasteiger charge is 2.48. The maximum Gasteiger partial charge on any atom is 0.272 e. The molecule has 0 aromatic carbocycles. The Labute approximate surface area is 161 Å². The highest BCUT2D eigenvalue weighted by atomic mass is 19.1. The van der Waals surface area contributed by atoms with Crippen molar-refractivity contribution < 1.29 is 9.18 Å². The van der Waals surface area contributed by atoms with E-state index in [9.17, 15) is 9.18 Å². The molecule has 3 aromatic rings. The zero-order valence-electron chi connectivity index (χ0n) is 15.3. The molecule has 1 unspecified atom stereocenters. The molecule has 3 heterocycles. The molecule has 1 amide bonds. The normalized spacial score (nSPS) is 20.2. The summed E-state index contributed by atoms with van der Waals surface area (Å²) < 4.78 is 13.4. The molecule has 5 rings (SSSR count). The topological polar surface area (TPSA) is 95.6 Å². The van der Waals surface area contributed by atoms with E-state index in [2.05, 4.69) is 30.8 Å². The van der Waals surface area contributed by atoms with Gasteiger partial charge in [0.05, 0.1) is 29.8 Å². The molecule has 3 aromatic heterocycles. The number of carbonyl (C=O) groups is 1. The third-order valence-corrected chi connectivity index (χ3v) is 6.20. The fraction of sp³-hybridized carbons (Fsp3) is 0.400. The van der Waals surface area contributed by atoms with E-state index in [0.29, 0.717) is 22.7 Å². The summed E-state index contributed by atoms with van der Waals surface area (Å²) in [4.78, 5) is 21.3. The van der Waals surface area contributed by atoms with Gasteiger partial charge in [0.25, 0.3) is 5.91 Å². The number of amides is 1. The zero-order chi connectivity index (χ0) is 19.1. The summed E-state index contributed by atoms with van der Waals surface area (Å²) in [5.74, 6) is -0.207. The van der Waals surface area contributed by atoms with Crippen LogP contribution in [-0.4, -0.2) is 32.1 Å².